The Bertz CT molecular complexity index is 2870. The van der Waals surface area contributed by atoms with Gasteiger partial charge in [0, 0.05) is 47.8 Å². The van der Waals surface area contributed by atoms with E-state index in [1.807, 2.05) is 6.08 Å². The van der Waals surface area contributed by atoms with E-state index in [4.69, 9.17) is 33.2 Å². The molecule has 0 saturated heterocycles. The molecule has 16 heteroatoms. The summed E-state index contributed by atoms with van der Waals surface area (Å²) in [5.74, 6) is -3.86. The summed E-state index contributed by atoms with van der Waals surface area (Å²) < 4.78 is 38.4. The average molecular weight is 940 g/mol. The maximum atomic E-state index is 15.3. The molecule has 3 aliphatic rings. The molecule has 2 saturated carbocycles. The highest BCUT2D eigenvalue weighted by Gasteiger charge is 2.40. The number of anilines is 1. The fourth-order valence-corrected chi connectivity index (χ4v) is 11.4. The SMILES string of the molecule is COCCOCCOC(=O)C1CCCC1Cc1c(O)c2c(=O)cc(CO)c3c4c(CO)cc(NC5CCCC5C(=O)OCCOCCOC)c5c(=O)c(OC)c6c(c(c1C=C(C)C6C(C)=O)c23)c54. The van der Waals surface area contributed by atoms with Gasteiger partial charge in [-0.05, 0) is 102 Å². The molecule has 68 heavy (non-hydrogen) atoms. The molecule has 0 radical (unpaired) electrons. The zero-order valence-electron chi connectivity index (χ0n) is 39.4. The van der Waals surface area contributed by atoms with E-state index in [0.29, 0.717) is 119 Å². The number of phenolic OH excluding ortho intramolecular Hbond substituents is 1. The molecule has 0 aromatic heterocycles. The second-order valence-corrected chi connectivity index (χ2v) is 18.2. The quantitative estimate of drug-likeness (QED) is 0.0286. The van der Waals surface area contributed by atoms with Gasteiger partial charge >= 0.3 is 11.9 Å². The van der Waals surface area contributed by atoms with Crippen molar-refractivity contribution < 1.29 is 62.9 Å². The maximum Gasteiger partial charge on any atom is 0.311 e. The molecule has 4 N–H and O–H groups in total. The van der Waals surface area contributed by atoms with Gasteiger partial charge in [-0.3, -0.25) is 24.0 Å². The fraction of sp³-hybridized carbons (Fsp3) is 0.519. The van der Waals surface area contributed by atoms with Crippen LogP contribution >= 0.6 is 0 Å². The maximum absolute atomic E-state index is 15.3. The zero-order valence-corrected chi connectivity index (χ0v) is 39.4. The molecule has 0 heterocycles. The van der Waals surface area contributed by atoms with E-state index in [9.17, 15) is 34.5 Å². The van der Waals surface area contributed by atoms with Crippen molar-refractivity contribution in [3.63, 3.8) is 0 Å². The van der Waals surface area contributed by atoms with Gasteiger partial charge in [-0.15, -0.1) is 0 Å². The molecular formula is C52H61NO15. The molecule has 3 aliphatic carbocycles. The number of ketones is 1. The lowest BCUT2D eigenvalue weighted by molar-refractivity contribution is -0.151. The molecule has 364 valence electrons. The van der Waals surface area contributed by atoms with Gasteiger partial charge in [0.05, 0.1) is 88.5 Å². The molecule has 0 bridgehead atoms. The van der Waals surface area contributed by atoms with Crippen LogP contribution in [-0.4, -0.2) is 113 Å². The normalized spacial score (nSPS) is 20.2. The highest BCUT2D eigenvalue weighted by molar-refractivity contribution is 6.39. The van der Waals surface area contributed by atoms with Crippen LogP contribution in [-0.2, 0) is 62.4 Å². The smallest absolute Gasteiger partial charge is 0.311 e. The number of hydrogen-bond acceptors (Lipinski definition) is 16. The van der Waals surface area contributed by atoms with Crippen LogP contribution in [0, 0.1) is 17.8 Å². The van der Waals surface area contributed by atoms with Crippen LogP contribution in [0.15, 0.2) is 27.3 Å². The van der Waals surface area contributed by atoms with E-state index in [0.717, 1.165) is 6.42 Å². The number of ether oxygens (including phenoxy) is 7. The number of esters is 2. The van der Waals surface area contributed by atoms with Crippen LogP contribution in [0.2, 0.25) is 0 Å². The van der Waals surface area contributed by atoms with Crippen LogP contribution in [0.3, 0.4) is 0 Å². The zero-order chi connectivity index (χ0) is 48.4. The predicted molar refractivity (Wildman–Crippen MR) is 255 cm³/mol. The number of benzene rings is 5. The first kappa shape index (κ1) is 48.9. The summed E-state index contributed by atoms with van der Waals surface area (Å²) in [6.45, 7) is 4.13. The first-order chi connectivity index (χ1) is 32.9. The fourth-order valence-electron chi connectivity index (χ4n) is 11.4. The van der Waals surface area contributed by atoms with E-state index in [1.165, 1.54) is 20.1 Å². The standard InChI is InChI=1S/C52H61NO15/c1-26-20-33-34(21-28-8-6-9-31(28)51(60)67-18-16-65-14-12-62-3)48(58)43-37(57)23-30(25-55)40-39-29(24-54)22-36(53-35-11-7-10-32(35)52(61)68-19-17-66-15-13-63-4)42-45(39)46(41(33)44(40)43)47(38(26)27(2)56)50(64-5)49(42)59/h20,22-23,28,31-32,35,38,53-55,58H,6-19,21,24-25H2,1-5H3. The Morgan fingerprint density at radius 1 is 0.691 bits per heavy atom. The summed E-state index contributed by atoms with van der Waals surface area (Å²) in [6.07, 6.45) is 5.72. The third-order valence-electron chi connectivity index (χ3n) is 14.3. The lowest BCUT2D eigenvalue weighted by Crippen LogP contribution is -2.32. The van der Waals surface area contributed by atoms with Gasteiger partial charge in [-0.2, -0.15) is 0 Å². The Labute approximate surface area is 393 Å². The number of aliphatic hydroxyl groups excluding tert-OH is 2. The minimum Gasteiger partial charge on any atom is -0.507 e. The number of Topliss-reactive ketones (excluding diaryl/α,β-unsaturated/α-hetero) is 1. The summed E-state index contributed by atoms with van der Waals surface area (Å²) in [5, 5.41) is 40.9. The van der Waals surface area contributed by atoms with Crippen LogP contribution in [0.4, 0.5) is 5.69 Å². The minimum atomic E-state index is -1.02. The van der Waals surface area contributed by atoms with Crippen molar-refractivity contribution in [1.29, 1.82) is 0 Å². The number of aliphatic hydroxyl groups is 2. The van der Waals surface area contributed by atoms with Gasteiger partial charge in [0.25, 0.3) is 0 Å². The summed E-state index contributed by atoms with van der Waals surface area (Å²) in [7, 11) is 4.51. The van der Waals surface area contributed by atoms with Crippen molar-refractivity contribution in [3.05, 3.63) is 66.0 Å². The second kappa shape index (κ2) is 21.0. The topological polar surface area (TPSA) is 223 Å². The molecule has 2 fully saturated rings. The van der Waals surface area contributed by atoms with E-state index in [1.54, 1.807) is 27.2 Å². The molecule has 0 spiro atoms. The van der Waals surface area contributed by atoms with Crippen LogP contribution in [0.25, 0.3) is 49.2 Å². The monoisotopic (exact) mass is 939 g/mol. The van der Waals surface area contributed by atoms with Crippen molar-refractivity contribution in [2.24, 2.45) is 17.8 Å². The number of rotatable bonds is 22. The number of allylic oxidation sites excluding steroid dienone is 1. The van der Waals surface area contributed by atoms with Crippen molar-refractivity contribution in [3.8, 4) is 11.5 Å². The second-order valence-electron chi connectivity index (χ2n) is 18.2. The highest BCUT2D eigenvalue weighted by Crippen LogP contribution is 2.55. The molecule has 5 aromatic rings. The third-order valence-corrected chi connectivity index (χ3v) is 14.3. The number of aromatic hydroxyl groups is 1. The first-order valence-corrected chi connectivity index (χ1v) is 23.5. The molecule has 16 nitrogen and oxygen atoms in total. The Hall–Kier alpha value is -5.49. The number of carbonyl (C=O) groups is 3. The number of fused-ring (bicyclic) bond motifs is 1. The van der Waals surface area contributed by atoms with Crippen LogP contribution in [0.1, 0.15) is 86.1 Å². The van der Waals surface area contributed by atoms with Gasteiger partial charge in [0.2, 0.25) is 5.43 Å². The first-order valence-electron chi connectivity index (χ1n) is 23.5. The lowest BCUT2D eigenvalue weighted by atomic mass is 9.78. The Morgan fingerprint density at radius 3 is 1.90 bits per heavy atom. The van der Waals surface area contributed by atoms with Crippen LogP contribution < -0.4 is 20.9 Å². The summed E-state index contributed by atoms with van der Waals surface area (Å²) >= 11 is 0. The van der Waals surface area contributed by atoms with Crippen molar-refractivity contribution >= 4 is 72.6 Å². The number of phenols is 1. The van der Waals surface area contributed by atoms with E-state index in [-0.39, 0.29) is 83.9 Å². The largest absolute Gasteiger partial charge is 0.507 e. The summed E-state index contributed by atoms with van der Waals surface area (Å²) in [4.78, 5) is 71.1. The van der Waals surface area contributed by atoms with Gasteiger partial charge in [0.15, 0.2) is 11.2 Å². The van der Waals surface area contributed by atoms with Gasteiger partial charge < -0.3 is 53.8 Å². The third kappa shape index (κ3) is 8.75. The molecule has 5 atom stereocenters. The number of hydrogen-bond donors (Lipinski definition) is 4. The number of methoxy groups -OCH3 is 3. The van der Waals surface area contributed by atoms with E-state index in [2.05, 4.69) is 5.32 Å². The Morgan fingerprint density at radius 2 is 1.28 bits per heavy atom. The molecule has 0 amide bonds. The molecule has 8 rings (SSSR count). The van der Waals surface area contributed by atoms with Gasteiger partial charge in [-0.25, -0.2) is 0 Å². The van der Waals surface area contributed by atoms with Gasteiger partial charge in [0.1, 0.15) is 24.7 Å². The molecule has 5 unspecified atom stereocenters. The summed E-state index contributed by atoms with van der Waals surface area (Å²) in [5.41, 5.74) is 1.50. The average Bonchev–Trinajstić information content (AvgIpc) is 3.97. The summed E-state index contributed by atoms with van der Waals surface area (Å²) in [6, 6.07) is 2.46. The highest BCUT2D eigenvalue weighted by atomic mass is 16.6. The van der Waals surface area contributed by atoms with Gasteiger partial charge in [-0.1, -0.05) is 24.5 Å². The van der Waals surface area contributed by atoms with E-state index >= 15 is 4.79 Å². The number of nitrogens with one attached hydrogen (secondary N) is 1. The molecule has 0 aliphatic heterocycles. The minimum absolute atomic E-state index is 0.0268. The van der Waals surface area contributed by atoms with Crippen LogP contribution in [0.5, 0.6) is 11.5 Å². The van der Waals surface area contributed by atoms with E-state index < -0.39 is 53.8 Å². The molecule has 5 aromatic carbocycles. The lowest BCUT2D eigenvalue weighted by Gasteiger charge is -2.28. The predicted octanol–water partition coefficient (Wildman–Crippen LogP) is 5.64. The Kier molecular flexibility index (Phi) is 15.1. The van der Waals surface area contributed by atoms with Crippen molar-refractivity contribution in [2.45, 2.75) is 84.0 Å². The Balaban J connectivity index is 1.36. The van der Waals surface area contributed by atoms with Crippen molar-refractivity contribution in [1.82, 2.24) is 0 Å². The van der Waals surface area contributed by atoms with Crippen molar-refractivity contribution in [2.75, 3.05) is 79.5 Å². The number of carbonyl (C=O) groups excluding carboxylic acids is 3. The molecular weight excluding hydrogens is 879 g/mol.